The van der Waals surface area contributed by atoms with Crippen molar-refractivity contribution in [2.75, 3.05) is 5.32 Å². The summed E-state index contributed by atoms with van der Waals surface area (Å²) >= 11 is 0.194. The molecule has 1 aromatic carbocycles. The number of amides is 1. The molecule has 4 nitrogen and oxygen atoms in total. The molecule has 19 heavy (non-hydrogen) atoms. The zero-order valence-electron chi connectivity index (χ0n) is 9.03. The monoisotopic (exact) mass is 291 g/mol. The van der Waals surface area contributed by atoms with E-state index in [4.69, 9.17) is 0 Å². The smallest absolute Gasteiger partial charge is 0.296 e. The molecule has 0 atom stereocenters. The van der Waals surface area contributed by atoms with Crippen molar-refractivity contribution in [1.82, 2.24) is 10.2 Å². The average molecular weight is 291 g/mol. The molecule has 1 amide bonds. The van der Waals surface area contributed by atoms with Crippen molar-refractivity contribution in [3.05, 3.63) is 40.7 Å². The third kappa shape index (κ3) is 3.25. The maximum atomic E-state index is 12.9. The SMILES string of the molecule is O=C(Nc1nnc(C(F)(F)F)s1)c1cccc(F)c1. The number of hydrogen-bond acceptors (Lipinski definition) is 4. The number of benzene rings is 1. The van der Waals surface area contributed by atoms with E-state index in [0.29, 0.717) is 0 Å². The molecule has 0 saturated heterocycles. The van der Waals surface area contributed by atoms with E-state index in [9.17, 15) is 22.4 Å². The lowest BCUT2D eigenvalue weighted by Gasteiger charge is -2.01. The van der Waals surface area contributed by atoms with Crippen LogP contribution in [0.3, 0.4) is 0 Å². The minimum absolute atomic E-state index is 0.0243. The fourth-order valence-corrected chi connectivity index (χ4v) is 1.79. The van der Waals surface area contributed by atoms with Gasteiger partial charge in [-0.2, -0.15) is 13.2 Å². The fraction of sp³-hybridized carbons (Fsp3) is 0.100. The second-order valence-electron chi connectivity index (χ2n) is 3.37. The highest BCUT2D eigenvalue weighted by Crippen LogP contribution is 2.33. The molecule has 9 heteroatoms. The van der Waals surface area contributed by atoms with Crippen LogP contribution in [0.4, 0.5) is 22.7 Å². The Morgan fingerprint density at radius 1 is 1.26 bits per heavy atom. The Morgan fingerprint density at radius 2 is 2.00 bits per heavy atom. The Hall–Kier alpha value is -2.03. The lowest BCUT2D eigenvalue weighted by Crippen LogP contribution is -2.11. The Kier molecular flexibility index (Phi) is 3.47. The van der Waals surface area contributed by atoms with E-state index in [-0.39, 0.29) is 22.0 Å². The topological polar surface area (TPSA) is 54.9 Å². The molecular formula is C10H5F4N3OS. The van der Waals surface area contributed by atoms with E-state index >= 15 is 0 Å². The van der Waals surface area contributed by atoms with Gasteiger partial charge in [0.1, 0.15) is 5.82 Å². The summed E-state index contributed by atoms with van der Waals surface area (Å²) in [6.07, 6.45) is -4.61. The van der Waals surface area contributed by atoms with Gasteiger partial charge in [-0.1, -0.05) is 17.4 Å². The Balaban J connectivity index is 2.13. The standard InChI is InChI=1S/C10H5F4N3OS/c11-6-3-1-2-5(4-6)7(18)15-9-17-16-8(19-9)10(12,13)14/h1-4H,(H,15,17,18). The minimum atomic E-state index is -4.61. The highest BCUT2D eigenvalue weighted by atomic mass is 32.1. The van der Waals surface area contributed by atoms with Gasteiger partial charge in [-0.05, 0) is 18.2 Å². The molecule has 0 fully saturated rings. The van der Waals surface area contributed by atoms with Gasteiger partial charge in [-0.15, -0.1) is 10.2 Å². The van der Waals surface area contributed by atoms with E-state index in [1.54, 1.807) is 0 Å². The number of anilines is 1. The highest BCUT2D eigenvalue weighted by Gasteiger charge is 2.35. The van der Waals surface area contributed by atoms with Crippen molar-refractivity contribution in [2.45, 2.75) is 6.18 Å². The summed E-state index contributed by atoms with van der Waals surface area (Å²) in [5, 5.41) is 6.75. The molecule has 1 N–H and O–H groups in total. The largest absolute Gasteiger partial charge is 0.445 e. The summed E-state index contributed by atoms with van der Waals surface area (Å²) in [4.78, 5) is 11.6. The predicted molar refractivity (Wildman–Crippen MR) is 59.3 cm³/mol. The fourth-order valence-electron chi connectivity index (χ4n) is 1.19. The molecule has 100 valence electrons. The van der Waals surface area contributed by atoms with Crippen molar-refractivity contribution in [2.24, 2.45) is 0 Å². The number of rotatable bonds is 2. The first-order chi connectivity index (χ1) is 8.86. The van der Waals surface area contributed by atoms with Gasteiger partial charge in [0, 0.05) is 5.56 Å². The van der Waals surface area contributed by atoms with Crippen LogP contribution in [0.2, 0.25) is 0 Å². The summed E-state index contributed by atoms with van der Waals surface area (Å²) in [6.45, 7) is 0. The summed E-state index contributed by atoms with van der Waals surface area (Å²) < 4.78 is 49.7. The van der Waals surface area contributed by atoms with Crippen LogP contribution in [0.5, 0.6) is 0 Å². The van der Waals surface area contributed by atoms with Crippen molar-refractivity contribution >= 4 is 22.4 Å². The van der Waals surface area contributed by atoms with Gasteiger partial charge < -0.3 is 0 Å². The van der Waals surface area contributed by atoms with E-state index in [0.717, 1.165) is 12.1 Å². The van der Waals surface area contributed by atoms with Crippen LogP contribution in [0.15, 0.2) is 24.3 Å². The van der Waals surface area contributed by atoms with Gasteiger partial charge in [-0.25, -0.2) is 4.39 Å². The van der Waals surface area contributed by atoms with Crippen LogP contribution < -0.4 is 5.32 Å². The Bertz CT molecular complexity index is 611. The number of hydrogen-bond donors (Lipinski definition) is 1. The molecule has 0 aliphatic carbocycles. The van der Waals surface area contributed by atoms with Crippen molar-refractivity contribution in [1.29, 1.82) is 0 Å². The number of carbonyl (C=O) groups is 1. The van der Waals surface area contributed by atoms with Crippen LogP contribution in [-0.2, 0) is 6.18 Å². The van der Waals surface area contributed by atoms with Crippen LogP contribution in [0, 0.1) is 5.82 Å². The molecule has 1 aromatic heterocycles. The van der Waals surface area contributed by atoms with Gasteiger partial charge in [0.25, 0.3) is 5.91 Å². The molecule has 1 heterocycles. The lowest BCUT2D eigenvalue weighted by atomic mass is 10.2. The van der Waals surface area contributed by atoms with Crippen LogP contribution in [0.25, 0.3) is 0 Å². The predicted octanol–water partition coefficient (Wildman–Crippen LogP) is 2.95. The summed E-state index contributed by atoms with van der Waals surface area (Å²) in [5.41, 5.74) is -0.0243. The zero-order chi connectivity index (χ0) is 14.0. The number of aromatic nitrogens is 2. The molecule has 2 aromatic rings. The molecule has 0 unspecified atom stereocenters. The van der Waals surface area contributed by atoms with Crippen molar-refractivity contribution in [3.63, 3.8) is 0 Å². The van der Waals surface area contributed by atoms with Crippen LogP contribution in [-0.4, -0.2) is 16.1 Å². The number of halogens is 4. The Labute approximate surface area is 108 Å². The average Bonchev–Trinajstić information content (AvgIpc) is 2.77. The van der Waals surface area contributed by atoms with Gasteiger partial charge >= 0.3 is 6.18 Å². The number of nitrogens with one attached hydrogen (secondary N) is 1. The normalized spacial score (nSPS) is 11.4. The summed E-state index contributed by atoms with van der Waals surface area (Å²) in [7, 11) is 0. The highest BCUT2D eigenvalue weighted by molar-refractivity contribution is 7.15. The van der Waals surface area contributed by atoms with Crippen molar-refractivity contribution < 1.29 is 22.4 Å². The number of alkyl halides is 3. The first kappa shape index (κ1) is 13.4. The quantitative estimate of drug-likeness (QED) is 0.865. The van der Waals surface area contributed by atoms with Crippen LogP contribution >= 0.6 is 11.3 Å². The summed E-state index contributed by atoms with van der Waals surface area (Å²) in [5.74, 6) is -1.38. The van der Waals surface area contributed by atoms with Crippen molar-refractivity contribution in [3.8, 4) is 0 Å². The van der Waals surface area contributed by atoms with E-state index in [1.165, 1.54) is 12.1 Å². The van der Waals surface area contributed by atoms with E-state index in [2.05, 4.69) is 15.5 Å². The molecule has 0 bridgehead atoms. The second-order valence-corrected chi connectivity index (χ2v) is 4.35. The maximum absolute atomic E-state index is 12.9. The van der Waals surface area contributed by atoms with Gasteiger partial charge in [0.15, 0.2) is 0 Å². The molecule has 0 aliphatic rings. The third-order valence-electron chi connectivity index (χ3n) is 1.97. The first-order valence-corrected chi connectivity index (χ1v) is 5.65. The molecule has 0 aliphatic heterocycles. The minimum Gasteiger partial charge on any atom is -0.296 e. The maximum Gasteiger partial charge on any atom is 0.445 e. The van der Waals surface area contributed by atoms with E-state index < -0.39 is 22.9 Å². The van der Waals surface area contributed by atoms with Gasteiger partial charge in [0.2, 0.25) is 10.1 Å². The Morgan fingerprint density at radius 3 is 2.58 bits per heavy atom. The number of nitrogens with zero attached hydrogens (tertiary/aromatic N) is 2. The molecule has 0 spiro atoms. The molecule has 2 rings (SSSR count). The number of carbonyl (C=O) groups excluding carboxylic acids is 1. The van der Waals surface area contributed by atoms with E-state index in [1.807, 2.05) is 0 Å². The second kappa shape index (κ2) is 4.92. The van der Waals surface area contributed by atoms with Crippen LogP contribution in [0.1, 0.15) is 15.4 Å². The van der Waals surface area contributed by atoms with Gasteiger partial charge in [0.05, 0.1) is 0 Å². The first-order valence-electron chi connectivity index (χ1n) is 4.84. The van der Waals surface area contributed by atoms with Gasteiger partial charge in [-0.3, -0.25) is 10.1 Å². The third-order valence-corrected chi connectivity index (χ3v) is 2.86. The summed E-state index contributed by atoms with van der Waals surface area (Å²) in [6, 6.07) is 4.74. The molecule has 0 saturated carbocycles. The molecule has 0 radical (unpaired) electrons. The lowest BCUT2D eigenvalue weighted by molar-refractivity contribution is -0.138. The molecular weight excluding hydrogens is 286 g/mol. The zero-order valence-corrected chi connectivity index (χ0v) is 9.85.